The molecule has 0 heterocycles. The molecule has 1 aliphatic rings. The van der Waals surface area contributed by atoms with Crippen molar-refractivity contribution in [3.63, 3.8) is 0 Å². The minimum Gasteiger partial charge on any atom is -0.385 e. The lowest BCUT2D eigenvalue weighted by atomic mass is 9.59. The minimum atomic E-state index is -1.01. The maximum absolute atomic E-state index is 13.1. The van der Waals surface area contributed by atoms with Crippen LogP contribution in [0.4, 0.5) is 4.39 Å². The van der Waals surface area contributed by atoms with Crippen LogP contribution in [0.1, 0.15) is 51.5 Å². The standard InChI is InChI=1S/C17H26FNO/c1-3-13-5-4-10-17(11-13,12-19)16(2,20)14-6-8-15(18)9-7-14/h6-9,13,20H,3-5,10-12,19H2,1-2H3. The number of rotatable bonds is 4. The van der Waals surface area contributed by atoms with Crippen molar-refractivity contribution in [1.82, 2.24) is 0 Å². The van der Waals surface area contributed by atoms with Crippen LogP contribution in [0.3, 0.4) is 0 Å². The topological polar surface area (TPSA) is 46.2 Å². The average molecular weight is 279 g/mol. The van der Waals surface area contributed by atoms with E-state index in [2.05, 4.69) is 6.92 Å². The van der Waals surface area contributed by atoms with Crippen molar-refractivity contribution in [2.24, 2.45) is 17.1 Å². The number of aliphatic hydroxyl groups is 1. The first kappa shape index (κ1) is 15.5. The molecule has 0 aliphatic heterocycles. The molecule has 1 fully saturated rings. The lowest BCUT2D eigenvalue weighted by Crippen LogP contribution is -2.51. The Morgan fingerprint density at radius 1 is 1.40 bits per heavy atom. The molecular weight excluding hydrogens is 253 g/mol. The van der Waals surface area contributed by atoms with Gasteiger partial charge in [-0.2, -0.15) is 0 Å². The van der Waals surface area contributed by atoms with Gasteiger partial charge in [0.15, 0.2) is 0 Å². The lowest BCUT2D eigenvalue weighted by molar-refractivity contribution is -0.102. The molecule has 1 aromatic carbocycles. The Balaban J connectivity index is 2.35. The Hall–Kier alpha value is -0.930. The van der Waals surface area contributed by atoms with Crippen molar-refractivity contribution in [3.8, 4) is 0 Å². The number of hydrogen-bond acceptors (Lipinski definition) is 2. The monoisotopic (exact) mass is 279 g/mol. The molecule has 3 heteroatoms. The molecule has 2 rings (SSSR count). The van der Waals surface area contributed by atoms with Gasteiger partial charge in [0.2, 0.25) is 0 Å². The third-order valence-electron chi connectivity index (χ3n) is 5.35. The van der Waals surface area contributed by atoms with Crippen molar-refractivity contribution in [1.29, 1.82) is 0 Å². The molecule has 3 N–H and O–H groups in total. The highest BCUT2D eigenvalue weighted by molar-refractivity contribution is 5.26. The second-order valence-corrected chi connectivity index (χ2v) is 6.43. The highest BCUT2D eigenvalue weighted by Crippen LogP contribution is 2.51. The SMILES string of the molecule is CCC1CCCC(CN)(C(C)(O)c2ccc(F)cc2)C1. The lowest BCUT2D eigenvalue weighted by Gasteiger charge is -2.50. The first-order valence-corrected chi connectivity index (χ1v) is 7.63. The van der Waals surface area contributed by atoms with Crippen LogP contribution in [0.5, 0.6) is 0 Å². The highest BCUT2D eigenvalue weighted by Gasteiger charge is 2.49. The van der Waals surface area contributed by atoms with Crippen molar-refractivity contribution >= 4 is 0 Å². The van der Waals surface area contributed by atoms with Crippen molar-refractivity contribution < 1.29 is 9.50 Å². The van der Waals surface area contributed by atoms with Gasteiger partial charge in [-0.15, -0.1) is 0 Å². The number of hydrogen-bond donors (Lipinski definition) is 2. The smallest absolute Gasteiger partial charge is 0.123 e. The largest absolute Gasteiger partial charge is 0.385 e. The Morgan fingerprint density at radius 3 is 2.60 bits per heavy atom. The molecule has 1 aromatic rings. The van der Waals surface area contributed by atoms with Crippen LogP contribution < -0.4 is 5.73 Å². The van der Waals surface area contributed by atoms with E-state index < -0.39 is 5.60 Å². The summed E-state index contributed by atoms with van der Waals surface area (Å²) in [6.45, 7) is 4.50. The van der Waals surface area contributed by atoms with Gasteiger partial charge in [0.05, 0.1) is 5.60 Å². The van der Waals surface area contributed by atoms with Crippen molar-refractivity contribution in [2.45, 2.75) is 51.6 Å². The van der Waals surface area contributed by atoms with Crippen molar-refractivity contribution in [3.05, 3.63) is 35.6 Å². The van der Waals surface area contributed by atoms with E-state index in [9.17, 15) is 9.50 Å². The third-order valence-corrected chi connectivity index (χ3v) is 5.35. The fourth-order valence-corrected chi connectivity index (χ4v) is 3.74. The maximum Gasteiger partial charge on any atom is 0.123 e. The van der Waals surface area contributed by atoms with Crippen LogP contribution in [-0.4, -0.2) is 11.7 Å². The molecule has 0 aromatic heterocycles. The Kier molecular flexibility index (Phi) is 4.50. The summed E-state index contributed by atoms with van der Waals surface area (Å²) in [5, 5.41) is 11.2. The van der Waals surface area contributed by atoms with Crippen molar-refractivity contribution in [2.75, 3.05) is 6.54 Å². The van der Waals surface area contributed by atoms with E-state index in [4.69, 9.17) is 5.73 Å². The van der Waals surface area contributed by atoms with Gasteiger partial charge in [0.1, 0.15) is 5.82 Å². The van der Waals surface area contributed by atoms with E-state index >= 15 is 0 Å². The van der Waals surface area contributed by atoms with Gasteiger partial charge in [-0.25, -0.2) is 4.39 Å². The van der Waals surface area contributed by atoms with Crippen LogP contribution in [0, 0.1) is 17.2 Å². The molecule has 0 amide bonds. The summed E-state index contributed by atoms with van der Waals surface area (Å²) in [6, 6.07) is 6.19. The third kappa shape index (κ3) is 2.61. The Bertz CT molecular complexity index is 443. The highest BCUT2D eigenvalue weighted by atomic mass is 19.1. The summed E-state index contributed by atoms with van der Waals surface area (Å²) in [6.07, 6.45) is 5.33. The molecule has 1 saturated carbocycles. The molecule has 2 nitrogen and oxygen atoms in total. The van der Waals surface area contributed by atoms with Gasteiger partial charge >= 0.3 is 0 Å². The molecule has 3 unspecified atom stereocenters. The van der Waals surface area contributed by atoms with E-state index in [-0.39, 0.29) is 11.2 Å². The van der Waals surface area contributed by atoms with E-state index in [0.29, 0.717) is 12.5 Å². The van der Waals surface area contributed by atoms with Gasteiger partial charge in [0, 0.05) is 12.0 Å². The quantitative estimate of drug-likeness (QED) is 0.885. The molecular formula is C17H26FNO. The number of nitrogens with two attached hydrogens (primary N) is 1. The fourth-order valence-electron chi connectivity index (χ4n) is 3.74. The van der Waals surface area contributed by atoms with Gasteiger partial charge in [-0.3, -0.25) is 0 Å². The van der Waals surface area contributed by atoms with Gasteiger partial charge < -0.3 is 10.8 Å². The predicted molar refractivity (Wildman–Crippen MR) is 79.7 cm³/mol. The molecule has 0 saturated heterocycles. The van der Waals surface area contributed by atoms with E-state index in [0.717, 1.165) is 31.2 Å². The van der Waals surface area contributed by atoms with Gasteiger partial charge in [0.25, 0.3) is 0 Å². The summed E-state index contributed by atoms with van der Waals surface area (Å²) in [5.41, 5.74) is 5.53. The molecule has 1 aliphatic carbocycles. The Morgan fingerprint density at radius 2 is 2.05 bits per heavy atom. The van der Waals surface area contributed by atoms with Gasteiger partial charge in [-0.1, -0.05) is 38.3 Å². The molecule has 0 spiro atoms. The average Bonchev–Trinajstić information content (AvgIpc) is 2.47. The molecule has 0 radical (unpaired) electrons. The zero-order valence-corrected chi connectivity index (χ0v) is 12.5. The summed E-state index contributed by atoms with van der Waals surface area (Å²) in [7, 11) is 0. The van der Waals surface area contributed by atoms with Gasteiger partial charge in [-0.05, 0) is 43.4 Å². The Labute approximate surface area is 121 Å². The zero-order chi connectivity index (χ0) is 14.8. The van der Waals surface area contributed by atoms with E-state index in [1.165, 1.54) is 18.6 Å². The minimum absolute atomic E-state index is 0.276. The predicted octanol–water partition coefficient (Wildman–Crippen LogP) is 3.58. The maximum atomic E-state index is 13.1. The molecule has 20 heavy (non-hydrogen) atoms. The summed E-state index contributed by atoms with van der Waals surface area (Å²) >= 11 is 0. The van der Waals surface area contributed by atoms with Crippen LogP contribution >= 0.6 is 0 Å². The first-order valence-electron chi connectivity index (χ1n) is 7.63. The second kappa shape index (κ2) is 5.82. The first-order chi connectivity index (χ1) is 9.45. The zero-order valence-electron chi connectivity index (χ0n) is 12.5. The molecule has 112 valence electrons. The summed E-state index contributed by atoms with van der Waals surface area (Å²) in [5.74, 6) is 0.348. The summed E-state index contributed by atoms with van der Waals surface area (Å²) < 4.78 is 13.1. The van der Waals surface area contributed by atoms with Crippen LogP contribution in [0.15, 0.2) is 24.3 Å². The van der Waals surface area contributed by atoms with Crippen LogP contribution in [-0.2, 0) is 5.60 Å². The normalized spacial score (nSPS) is 29.9. The molecule has 0 bridgehead atoms. The second-order valence-electron chi connectivity index (χ2n) is 6.43. The molecule has 3 atom stereocenters. The van der Waals surface area contributed by atoms with E-state index in [1.807, 2.05) is 6.92 Å². The van der Waals surface area contributed by atoms with Crippen LogP contribution in [0.25, 0.3) is 0 Å². The fraction of sp³-hybridized carbons (Fsp3) is 0.647. The van der Waals surface area contributed by atoms with E-state index in [1.54, 1.807) is 12.1 Å². The number of halogens is 1. The number of benzene rings is 1. The summed E-state index contributed by atoms with van der Waals surface area (Å²) in [4.78, 5) is 0. The van der Waals surface area contributed by atoms with Crippen LogP contribution in [0.2, 0.25) is 0 Å².